The standard InChI is InChI=1S/C21H28F2O8P2/c1-20(2,3)18-15(30-12-32(24,25)26)10-9-13(19(18)23)11-21(4,5)17-14(22)7-6-8-16(17)31-33(27,28)29/h6-10H,11-12H2,1-5H3,(H2,24,25,26)(H2,27,28,29). The van der Waals surface area contributed by atoms with Crippen LogP contribution in [0.5, 0.6) is 11.5 Å². The molecule has 184 valence electrons. The molecule has 0 radical (unpaired) electrons. The zero-order valence-corrected chi connectivity index (χ0v) is 20.7. The zero-order valence-electron chi connectivity index (χ0n) is 18.9. The van der Waals surface area contributed by atoms with Gasteiger partial charge < -0.3 is 19.0 Å². The molecule has 0 saturated carbocycles. The quantitative estimate of drug-likeness (QED) is 0.375. The summed E-state index contributed by atoms with van der Waals surface area (Å²) in [4.78, 5) is 36.6. The van der Waals surface area contributed by atoms with Gasteiger partial charge in [0.05, 0.1) is 0 Å². The third-order valence-corrected chi connectivity index (χ3v) is 5.72. The van der Waals surface area contributed by atoms with Crippen LogP contribution in [0.4, 0.5) is 8.78 Å². The first-order valence-corrected chi connectivity index (χ1v) is 13.2. The number of benzene rings is 2. The molecule has 4 N–H and O–H groups in total. The second-order valence-corrected chi connectivity index (χ2v) is 12.1. The molecule has 0 aliphatic carbocycles. The third-order valence-electron chi connectivity index (χ3n) is 4.82. The van der Waals surface area contributed by atoms with Crippen molar-refractivity contribution in [2.75, 3.05) is 6.35 Å². The van der Waals surface area contributed by atoms with Crippen molar-refractivity contribution in [1.29, 1.82) is 0 Å². The van der Waals surface area contributed by atoms with Gasteiger partial charge in [0.25, 0.3) is 0 Å². The van der Waals surface area contributed by atoms with Gasteiger partial charge in [0.15, 0.2) is 6.35 Å². The van der Waals surface area contributed by atoms with Crippen LogP contribution in [0.3, 0.4) is 0 Å². The number of hydrogen-bond donors (Lipinski definition) is 4. The van der Waals surface area contributed by atoms with E-state index in [2.05, 4.69) is 4.52 Å². The Morgan fingerprint density at radius 3 is 2.00 bits per heavy atom. The lowest BCUT2D eigenvalue weighted by atomic mass is 9.76. The highest BCUT2D eigenvalue weighted by Gasteiger charge is 2.34. The Hall–Kier alpha value is -1.80. The average Bonchev–Trinajstić information content (AvgIpc) is 2.58. The van der Waals surface area contributed by atoms with Gasteiger partial charge >= 0.3 is 15.4 Å². The molecule has 2 aromatic rings. The molecule has 0 saturated heterocycles. The van der Waals surface area contributed by atoms with Crippen molar-refractivity contribution in [2.45, 2.75) is 51.9 Å². The summed E-state index contributed by atoms with van der Waals surface area (Å²) in [6.45, 7) is 8.26. The maximum absolute atomic E-state index is 15.6. The average molecular weight is 508 g/mol. The van der Waals surface area contributed by atoms with Gasteiger partial charge in [-0.05, 0) is 35.6 Å². The van der Waals surface area contributed by atoms with E-state index in [1.807, 2.05) is 0 Å². The van der Waals surface area contributed by atoms with Gasteiger partial charge in [-0.25, -0.2) is 13.3 Å². The van der Waals surface area contributed by atoms with E-state index in [9.17, 15) is 23.3 Å². The third kappa shape index (κ3) is 7.34. The highest BCUT2D eigenvalue weighted by atomic mass is 31.2. The molecular formula is C21H28F2O8P2. The van der Waals surface area contributed by atoms with Crippen LogP contribution >= 0.6 is 15.4 Å². The molecular weight excluding hydrogens is 480 g/mol. The van der Waals surface area contributed by atoms with E-state index in [0.717, 1.165) is 6.07 Å². The Bertz CT molecular complexity index is 1120. The van der Waals surface area contributed by atoms with Crippen LogP contribution < -0.4 is 9.26 Å². The topological polar surface area (TPSA) is 134 Å². The molecule has 0 amide bonds. The van der Waals surface area contributed by atoms with Gasteiger partial charge in [-0.1, -0.05) is 46.8 Å². The number of hydrogen-bond acceptors (Lipinski definition) is 4. The van der Waals surface area contributed by atoms with E-state index in [0.29, 0.717) is 0 Å². The largest absolute Gasteiger partial charge is 0.524 e. The van der Waals surface area contributed by atoms with E-state index in [4.69, 9.17) is 14.5 Å². The number of phosphoric acid groups is 1. The molecule has 8 nitrogen and oxygen atoms in total. The summed E-state index contributed by atoms with van der Waals surface area (Å²) in [6.07, 6.45) is -1.00. The first-order valence-electron chi connectivity index (χ1n) is 9.85. The normalized spacial score (nSPS) is 13.2. The second kappa shape index (κ2) is 9.45. The van der Waals surface area contributed by atoms with Crippen LogP contribution in [-0.4, -0.2) is 25.9 Å². The molecule has 2 aromatic carbocycles. The monoisotopic (exact) mass is 508 g/mol. The number of rotatable bonds is 8. The molecule has 12 heteroatoms. The summed E-state index contributed by atoms with van der Waals surface area (Å²) < 4.78 is 62.8. The molecule has 0 heterocycles. The van der Waals surface area contributed by atoms with Gasteiger partial charge in [-0.3, -0.25) is 14.4 Å². The summed E-state index contributed by atoms with van der Waals surface area (Å²) in [5, 5.41) is 0. The number of halogens is 2. The molecule has 2 rings (SSSR count). The van der Waals surface area contributed by atoms with Gasteiger partial charge in [0.1, 0.15) is 23.1 Å². The molecule has 0 fully saturated rings. The van der Waals surface area contributed by atoms with Gasteiger partial charge in [0, 0.05) is 16.5 Å². The maximum atomic E-state index is 15.6. The van der Waals surface area contributed by atoms with E-state index < -0.39 is 44.2 Å². The van der Waals surface area contributed by atoms with Crippen LogP contribution in [0.25, 0.3) is 0 Å². The van der Waals surface area contributed by atoms with Crippen LogP contribution in [0, 0.1) is 11.6 Å². The molecule has 0 unspecified atom stereocenters. The summed E-state index contributed by atoms with van der Waals surface area (Å²) in [6, 6.07) is 6.32. The minimum atomic E-state index is -4.97. The second-order valence-electron chi connectivity index (χ2n) is 9.36. The van der Waals surface area contributed by atoms with Crippen molar-refractivity contribution in [3.63, 3.8) is 0 Å². The van der Waals surface area contributed by atoms with Crippen molar-refractivity contribution in [3.05, 3.63) is 58.7 Å². The molecule has 0 spiro atoms. The van der Waals surface area contributed by atoms with E-state index >= 15 is 4.39 Å². The Morgan fingerprint density at radius 2 is 1.48 bits per heavy atom. The number of ether oxygens (including phenoxy) is 1. The van der Waals surface area contributed by atoms with Crippen molar-refractivity contribution in [2.24, 2.45) is 0 Å². The van der Waals surface area contributed by atoms with Crippen LogP contribution in [-0.2, 0) is 26.4 Å². The van der Waals surface area contributed by atoms with E-state index in [1.54, 1.807) is 34.6 Å². The van der Waals surface area contributed by atoms with E-state index in [-0.39, 0.29) is 34.6 Å². The Balaban J connectivity index is 2.55. The first-order chi connectivity index (χ1) is 14.8. The van der Waals surface area contributed by atoms with Crippen LogP contribution in [0.1, 0.15) is 51.3 Å². The molecule has 33 heavy (non-hydrogen) atoms. The maximum Gasteiger partial charge on any atom is 0.524 e. The Morgan fingerprint density at radius 1 is 0.879 bits per heavy atom. The lowest BCUT2D eigenvalue weighted by molar-refractivity contribution is 0.279. The fraction of sp³-hybridized carbons (Fsp3) is 0.429. The smallest absolute Gasteiger partial charge is 0.481 e. The molecule has 0 bridgehead atoms. The highest BCUT2D eigenvalue weighted by Crippen LogP contribution is 2.45. The predicted molar refractivity (Wildman–Crippen MR) is 118 cm³/mol. The van der Waals surface area contributed by atoms with Gasteiger partial charge in [0.2, 0.25) is 0 Å². The summed E-state index contributed by atoms with van der Waals surface area (Å²) in [5.74, 6) is -1.84. The highest BCUT2D eigenvalue weighted by molar-refractivity contribution is 7.51. The van der Waals surface area contributed by atoms with Gasteiger partial charge in [-0.15, -0.1) is 0 Å². The minimum absolute atomic E-state index is 0.0266. The Labute approximate surface area is 191 Å². The first kappa shape index (κ1) is 27.4. The minimum Gasteiger partial charge on any atom is -0.481 e. The number of phosphoric ester groups is 1. The fourth-order valence-electron chi connectivity index (χ4n) is 3.64. The lowest BCUT2D eigenvalue weighted by Gasteiger charge is -2.30. The van der Waals surface area contributed by atoms with Crippen molar-refractivity contribution in [1.82, 2.24) is 0 Å². The molecule has 0 aliphatic heterocycles. The van der Waals surface area contributed by atoms with Crippen LogP contribution in [0.15, 0.2) is 30.3 Å². The summed E-state index contributed by atoms with van der Waals surface area (Å²) >= 11 is 0. The fourth-order valence-corrected chi connectivity index (χ4v) is 4.36. The SMILES string of the molecule is CC(C)(C)c1c(OCP(=O)(O)O)ccc(CC(C)(C)c2c(F)cccc2OP(=O)(O)O)c1F. The van der Waals surface area contributed by atoms with Crippen LogP contribution in [0.2, 0.25) is 0 Å². The molecule has 0 aliphatic rings. The summed E-state index contributed by atoms with van der Waals surface area (Å²) in [7, 11) is -9.47. The van der Waals surface area contributed by atoms with E-state index in [1.165, 1.54) is 24.3 Å². The van der Waals surface area contributed by atoms with Crippen molar-refractivity contribution >= 4 is 15.4 Å². The molecule has 0 atom stereocenters. The van der Waals surface area contributed by atoms with Gasteiger partial charge in [-0.2, -0.15) is 0 Å². The van der Waals surface area contributed by atoms with Crippen molar-refractivity contribution in [3.8, 4) is 11.5 Å². The zero-order chi connectivity index (χ0) is 25.4. The predicted octanol–water partition coefficient (Wildman–Crippen LogP) is 4.77. The lowest BCUT2D eigenvalue weighted by Crippen LogP contribution is -2.25. The van der Waals surface area contributed by atoms with Crippen molar-refractivity contribution < 1.29 is 46.7 Å². The Kier molecular flexibility index (Phi) is 7.86. The summed E-state index contributed by atoms with van der Waals surface area (Å²) in [5.41, 5.74) is -1.86. The molecule has 0 aromatic heterocycles.